The number of benzene rings is 1. The minimum atomic E-state index is -0.204. The van der Waals surface area contributed by atoms with E-state index in [1.54, 1.807) is 0 Å². The van der Waals surface area contributed by atoms with Gasteiger partial charge in [0.2, 0.25) is 0 Å². The highest BCUT2D eigenvalue weighted by atomic mass is 127. The van der Waals surface area contributed by atoms with Crippen molar-refractivity contribution in [2.45, 2.75) is 56.4 Å². The average molecular weight is 519 g/mol. The van der Waals surface area contributed by atoms with Crippen LogP contribution in [-0.4, -0.2) is 48.9 Å². The van der Waals surface area contributed by atoms with Crippen molar-refractivity contribution in [3.63, 3.8) is 0 Å². The smallest absolute Gasteiger partial charge is 0.191 e. The molecular formula is C21H34IN3O2S. The van der Waals surface area contributed by atoms with E-state index >= 15 is 0 Å². The molecule has 1 saturated heterocycles. The van der Waals surface area contributed by atoms with Crippen LogP contribution in [0.5, 0.6) is 5.75 Å². The Morgan fingerprint density at radius 1 is 1.25 bits per heavy atom. The van der Waals surface area contributed by atoms with E-state index in [4.69, 9.17) is 14.5 Å². The van der Waals surface area contributed by atoms with Crippen molar-refractivity contribution in [1.82, 2.24) is 10.6 Å². The van der Waals surface area contributed by atoms with Crippen molar-refractivity contribution >= 4 is 41.7 Å². The molecule has 2 aliphatic rings. The van der Waals surface area contributed by atoms with Crippen molar-refractivity contribution in [2.75, 3.05) is 32.6 Å². The van der Waals surface area contributed by atoms with Crippen LogP contribution in [0.4, 0.5) is 0 Å². The number of nitrogens with zero attached hydrogens (tertiary/aromatic N) is 1. The van der Waals surface area contributed by atoms with Crippen LogP contribution >= 0.6 is 35.7 Å². The summed E-state index contributed by atoms with van der Waals surface area (Å²) in [5.41, 5.74) is 0.998. The summed E-state index contributed by atoms with van der Waals surface area (Å²) in [6, 6.07) is 8.49. The SMILES string of the molecule is CCNC(=NCC1(SC)CCOCC1)NC1CC(C)(C)Oc2ccccc21.I. The minimum absolute atomic E-state index is 0. The number of guanidine groups is 1. The summed E-state index contributed by atoms with van der Waals surface area (Å²) in [4.78, 5) is 4.97. The Balaban J connectivity index is 0.00000280. The molecule has 7 heteroatoms. The van der Waals surface area contributed by atoms with E-state index < -0.39 is 0 Å². The molecule has 0 saturated carbocycles. The van der Waals surface area contributed by atoms with Gasteiger partial charge in [-0.3, -0.25) is 4.99 Å². The summed E-state index contributed by atoms with van der Waals surface area (Å²) in [7, 11) is 0. The molecule has 0 radical (unpaired) electrons. The van der Waals surface area contributed by atoms with E-state index in [1.165, 1.54) is 5.56 Å². The molecule has 0 aliphatic carbocycles. The third-order valence-corrected chi connectivity index (χ3v) is 6.80. The molecule has 2 heterocycles. The predicted octanol–water partition coefficient (Wildman–Crippen LogP) is 4.37. The second-order valence-electron chi connectivity index (χ2n) is 8.00. The van der Waals surface area contributed by atoms with E-state index in [9.17, 15) is 0 Å². The highest BCUT2D eigenvalue weighted by molar-refractivity contribution is 14.0. The lowest BCUT2D eigenvalue weighted by Crippen LogP contribution is -2.46. The first-order chi connectivity index (χ1) is 13.0. The Bertz CT molecular complexity index is 663. The fourth-order valence-corrected chi connectivity index (χ4v) is 4.58. The van der Waals surface area contributed by atoms with Crippen LogP contribution in [0.25, 0.3) is 0 Å². The largest absolute Gasteiger partial charge is 0.487 e. The van der Waals surface area contributed by atoms with Gasteiger partial charge in [-0.1, -0.05) is 18.2 Å². The van der Waals surface area contributed by atoms with Crippen LogP contribution in [0, 0.1) is 0 Å². The second kappa shape index (κ2) is 10.4. The predicted molar refractivity (Wildman–Crippen MR) is 129 cm³/mol. The van der Waals surface area contributed by atoms with Gasteiger partial charge in [-0.15, -0.1) is 24.0 Å². The number of hydrogen-bond donors (Lipinski definition) is 2. The van der Waals surface area contributed by atoms with Crippen LogP contribution in [-0.2, 0) is 4.74 Å². The van der Waals surface area contributed by atoms with Gasteiger partial charge in [0.05, 0.1) is 12.6 Å². The number of aliphatic imine (C=N–C) groups is 1. The van der Waals surface area contributed by atoms with Crippen molar-refractivity contribution in [3.8, 4) is 5.75 Å². The molecule has 5 nitrogen and oxygen atoms in total. The lowest BCUT2D eigenvalue weighted by Gasteiger charge is -2.38. The summed E-state index contributed by atoms with van der Waals surface area (Å²) < 4.78 is 11.9. The monoisotopic (exact) mass is 519 g/mol. The van der Waals surface area contributed by atoms with Gasteiger partial charge in [-0.25, -0.2) is 0 Å². The quantitative estimate of drug-likeness (QED) is 0.344. The van der Waals surface area contributed by atoms with Crippen LogP contribution < -0.4 is 15.4 Å². The average Bonchev–Trinajstić information content (AvgIpc) is 2.66. The molecule has 1 aromatic rings. The molecule has 0 amide bonds. The summed E-state index contributed by atoms with van der Waals surface area (Å²) in [5, 5.41) is 7.09. The Kier molecular flexibility index (Phi) is 8.76. The van der Waals surface area contributed by atoms with Gasteiger partial charge in [0.25, 0.3) is 0 Å². The Morgan fingerprint density at radius 3 is 2.64 bits per heavy atom. The molecule has 0 spiro atoms. The van der Waals surface area contributed by atoms with Gasteiger partial charge >= 0.3 is 0 Å². The lowest BCUT2D eigenvalue weighted by molar-refractivity contribution is 0.0693. The number of fused-ring (bicyclic) bond motifs is 1. The van der Waals surface area contributed by atoms with Gasteiger partial charge in [-0.2, -0.15) is 11.8 Å². The van der Waals surface area contributed by atoms with Crippen molar-refractivity contribution in [1.29, 1.82) is 0 Å². The zero-order valence-corrected chi connectivity index (χ0v) is 20.6. The molecule has 1 unspecified atom stereocenters. The number of para-hydroxylation sites is 1. The number of hydrogen-bond acceptors (Lipinski definition) is 4. The van der Waals surface area contributed by atoms with Crippen LogP contribution in [0.15, 0.2) is 29.3 Å². The van der Waals surface area contributed by atoms with Crippen LogP contribution in [0.1, 0.15) is 51.6 Å². The second-order valence-corrected chi connectivity index (χ2v) is 9.27. The zero-order chi connectivity index (χ0) is 19.3. The van der Waals surface area contributed by atoms with E-state index in [2.05, 4.69) is 55.9 Å². The molecule has 2 aliphatic heterocycles. The minimum Gasteiger partial charge on any atom is -0.487 e. The fraction of sp³-hybridized carbons (Fsp3) is 0.667. The number of rotatable bonds is 5. The lowest BCUT2D eigenvalue weighted by atomic mass is 9.90. The normalized spacial score (nSPS) is 23.0. The van der Waals surface area contributed by atoms with Crippen LogP contribution in [0.2, 0.25) is 0 Å². The molecule has 158 valence electrons. The number of nitrogens with one attached hydrogen (secondary N) is 2. The Hall–Kier alpha value is -0.670. The number of halogens is 1. The van der Waals surface area contributed by atoms with Gasteiger partial charge in [0.1, 0.15) is 11.4 Å². The summed E-state index contributed by atoms with van der Waals surface area (Å²) in [5.74, 6) is 1.85. The number of thioether (sulfide) groups is 1. The number of ether oxygens (including phenoxy) is 2. The van der Waals surface area contributed by atoms with E-state index in [0.717, 1.165) is 57.3 Å². The molecule has 0 bridgehead atoms. The Labute approximate surface area is 190 Å². The molecular weight excluding hydrogens is 485 g/mol. The first-order valence-corrected chi connectivity index (χ1v) is 11.2. The van der Waals surface area contributed by atoms with Gasteiger partial charge in [0.15, 0.2) is 5.96 Å². The van der Waals surface area contributed by atoms with E-state index in [0.29, 0.717) is 0 Å². The maximum absolute atomic E-state index is 6.16. The van der Waals surface area contributed by atoms with Crippen molar-refractivity contribution in [2.24, 2.45) is 4.99 Å². The molecule has 1 atom stereocenters. The summed E-state index contributed by atoms with van der Waals surface area (Å²) >= 11 is 1.93. The molecule has 2 N–H and O–H groups in total. The highest BCUT2D eigenvalue weighted by Gasteiger charge is 2.35. The third kappa shape index (κ3) is 5.92. The summed E-state index contributed by atoms with van der Waals surface area (Å²) in [6.45, 7) is 9.72. The standard InChI is InChI=1S/C21H33N3O2S.HI/c1-5-22-19(23-15-21(27-4)10-12-25-13-11-21)24-17-14-20(2,3)26-18-9-7-6-8-16(17)18;/h6-9,17H,5,10-15H2,1-4H3,(H2,22,23,24);1H. The molecule has 28 heavy (non-hydrogen) atoms. The first kappa shape index (κ1) is 23.6. The first-order valence-electron chi connectivity index (χ1n) is 9.93. The molecule has 1 fully saturated rings. The third-order valence-electron chi connectivity index (χ3n) is 5.39. The Morgan fingerprint density at radius 2 is 1.96 bits per heavy atom. The van der Waals surface area contributed by atoms with Gasteiger partial charge in [0, 0.05) is 36.5 Å². The van der Waals surface area contributed by atoms with Crippen LogP contribution in [0.3, 0.4) is 0 Å². The van der Waals surface area contributed by atoms with E-state index in [1.807, 2.05) is 17.8 Å². The zero-order valence-electron chi connectivity index (χ0n) is 17.4. The maximum atomic E-state index is 6.16. The van der Waals surface area contributed by atoms with Gasteiger partial charge in [-0.05, 0) is 45.9 Å². The van der Waals surface area contributed by atoms with Crippen molar-refractivity contribution < 1.29 is 9.47 Å². The van der Waals surface area contributed by atoms with Gasteiger partial charge < -0.3 is 20.1 Å². The molecule has 1 aromatic carbocycles. The maximum Gasteiger partial charge on any atom is 0.191 e. The molecule has 3 rings (SSSR count). The van der Waals surface area contributed by atoms with Crippen molar-refractivity contribution in [3.05, 3.63) is 29.8 Å². The van der Waals surface area contributed by atoms with E-state index in [-0.39, 0.29) is 40.4 Å². The summed E-state index contributed by atoms with van der Waals surface area (Å²) in [6.07, 6.45) is 5.21. The topological polar surface area (TPSA) is 54.9 Å². The fourth-order valence-electron chi connectivity index (χ4n) is 3.81. The molecule has 0 aromatic heterocycles. The highest BCUT2D eigenvalue weighted by Crippen LogP contribution is 2.39.